The summed E-state index contributed by atoms with van der Waals surface area (Å²) in [6.45, 7) is 4.32. The molecule has 0 aromatic heterocycles. The summed E-state index contributed by atoms with van der Waals surface area (Å²) in [5.74, 6) is -2.45. The van der Waals surface area contributed by atoms with E-state index in [2.05, 4.69) is 10.6 Å². The Morgan fingerprint density at radius 1 is 1.14 bits per heavy atom. The molecule has 2 fully saturated rings. The number of nitrogens with zero attached hydrogens (tertiary/aromatic N) is 2. The third kappa shape index (κ3) is 6.01. The standard InChI is InChI=1S/C18H28N4O6/c1-12(2)21-11-3-4-13(21)18(27)20-9-7-14(23)19-10-8-17(26)28-22-15(24)5-6-16(22)25/h12-13H,3-11H2,1-2H3,(H,19,23)(H,20,27)/i12D. The quantitative estimate of drug-likeness (QED) is 0.502. The molecule has 0 aromatic rings. The van der Waals surface area contributed by atoms with Gasteiger partial charge in [0, 0.05) is 39.7 Å². The van der Waals surface area contributed by atoms with Crippen molar-refractivity contribution in [3.63, 3.8) is 0 Å². The molecule has 1 unspecified atom stereocenters. The van der Waals surface area contributed by atoms with E-state index < -0.39 is 23.8 Å². The number of likely N-dealkylation sites (tertiary alicyclic amines) is 1. The fraction of sp³-hybridized carbons (Fsp3) is 0.722. The van der Waals surface area contributed by atoms with E-state index in [1.165, 1.54) is 0 Å². The molecule has 0 bridgehead atoms. The Morgan fingerprint density at radius 3 is 2.43 bits per heavy atom. The van der Waals surface area contributed by atoms with Crippen molar-refractivity contribution in [3.8, 4) is 0 Å². The van der Waals surface area contributed by atoms with Crippen LogP contribution in [0.4, 0.5) is 0 Å². The fourth-order valence-corrected chi connectivity index (χ4v) is 3.19. The summed E-state index contributed by atoms with van der Waals surface area (Å²) < 4.78 is 8.11. The van der Waals surface area contributed by atoms with Gasteiger partial charge in [-0.15, -0.1) is 5.06 Å². The first kappa shape index (κ1) is 20.2. The topological polar surface area (TPSA) is 125 Å². The molecule has 0 aromatic carbocycles. The zero-order valence-corrected chi connectivity index (χ0v) is 16.3. The number of hydrogen-bond donors (Lipinski definition) is 2. The van der Waals surface area contributed by atoms with Crippen molar-refractivity contribution in [1.29, 1.82) is 0 Å². The van der Waals surface area contributed by atoms with Crippen molar-refractivity contribution < 1.29 is 30.2 Å². The van der Waals surface area contributed by atoms with Gasteiger partial charge >= 0.3 is 5.97 Å². The molecule has 156 valence electrons. The van der Waals surface area contributed by atoms with Crippen LogP contribution in [0.25, 0.3) is 0 Å². The number of hydrogen-bond acceptors (Lipinski definition) is 7. The minimum Gasteiger partial charge on any atom is -0.355 e. The molecule has 0 aliphatic carbocycles. The largest absolute Gasteiger partial charge is 0.355 e. The molecular weight excluding hydrogens is 368 g/mol. The van der Waals surface area contributed by atoms with Crippen LogP contribution in [-0.4, -0.2) is 71.3 Å². The summed E-state index contributed by atoms with van der Waals surface area (Å²) in [5, 5.41) is 5.70. The van der Waals surface area contributed by atoms with Gasteiger partial charge in [0.15, 0.2) is 0 Å². The van der Waals surface area contributed by atoms with Gasteiger partial charge in [-0.05, 0) is 33.2 Å². The van der Waals surface area contributed by atoms with Gasteiger partial charge in [0.25, 0.3) is 11.8 Å². The Labute approximate surface area is 165 Å². The van der Waals surface area contributed by atoms with Gasteiger partial charge in [-0.3, -0.25) is 24.1 Å². The van der Waals surface area contributed by atoms with Crippen LogP contribution < -0.4 is 10.6 Å². The normalized spacial score (nSPS) is 20.9. The number of imide groups is 1. The molecule has 1 atom stereocenters. The number of hydroxylamine groups is 2. The van der Waals surface area contributed by atoms with Gasteiger partial charge in [0.1, 0.15) is 0 Å². The average Bonchev–Trinajstić information content (AvgIpc) is 3.24. The maximum Gasteiger partial charge on any atom is 0.334 e. The second-order valence-corrected chi connectivity index (χ2v) is 6.98. The Hall–Kier alpha value is -2.49. The summed E-state index contributed by atoms with van der Waals surface area (Å²) in [7, 11) is 0. The van der Waals surface area contributed by atoms with Gasteiger partial charge in [-0.25, -0.2) is 4.79 Å². The van der Waals surface area contributed by atoms with Crippen molar-refractivity contribution in [1.82, 2.24) is 20.6 Å². The number of amides is 4. The molecule has 4 amide bonds. The Balaban J connectivity index is 1.61. The van der Waals surface area contributed by atoms with Crippen molar-refractivity contribution in [2.24, 2.45) is 0 Å². The van der Waals surface area contributed by atoms with Crippen LogP contribution in [-0.2, 0) is 28.8 Å². The first-order valence-corrected chi connectivity index (χ1v) is 9.47. The molecule has 28 heavy (non-hydrogen) atoms. The van der Waals surface area contributed by atoms with Crippen LogP contribution in [0.15, 0.2) is 0 Å². The third-order valence-corrected chi connectivity index (χ3v) is 4.63. The highest BCUT2D eigenvalue weighted by Crippen LogP contribution is 2.19. The second kappa shape index (κ2) is 10.2. The lowest BCUT2D eigenvalue weighted by atomic mass is 10.2. The van der Waals surface area contributed by atoms with Gasteiger partial charge < -0.3 is 15.5 Å². The van der Waals surface area contributed by atoms with Gasteiger partial charge in [0.05, 0.1) is 12.5 Å². The number of rotatable bonds is 9. The summed E-state index contributed by atoms with van der Waals surface area (Å²) in [5.41, 5.74) is 0. The summed E-state index contributed by atoms with van der Waals surface area (Å²) in [4.78, 5) is 65.0. The Kier molecular flexibility index (Phi) is 7.35. The lowest BCUT2D eigenvalue weighted by Crippen LogP contribution is -2.46. The number of nitrogens with one attached hydrogen (secondary N) is 2. The number of carbonyl (C=O) groups is 5. The minimum absolute atomic E-state index is 0.00866. The van der Waals surface area contributed by atoms with Gasteiger partial charge in [-0.1, -0.05) is 0 Å². The molecule has 2 rings (SSSR count). The first-order chi connectivity index (χ1) is 13.6. The molecule has 2 aliphatic heterocycles. The van der Waals surface area contributed by atoms with E-state index in [0.717, 1.165) is 6.42 Å². The van der Waals surface area contributed by atoms with Crippen molar-refractivity contribution in [3.05, 3.63) is 0 Å². The van der Waals surface area contributed by atoms with E-state index >= 15 is 0 Å². The summed E-state index contributed by atoms with van der Waals surface area (Å²) in [6.07, 6.45) is 1.43. The van der Waals surface area contributed by atoms with Crippen molar-refractivity contribution in [2.45, 2.75) is 64.4 Å². The highest BCUT2D eigenvalue weighted by Gasteiger charge is 2.33. The molecule has 2 aliphatic rings. The molecule has 10 heteroatoms. The number of carbonyl (C=O) groups excluding carboxylic acids is 5. The maximum absolute atomic E-state index is 12.3. The molecule has 0 saturated carbocycles. The lowest BCUT2D eigenvalue weighted by molar-refractivity contribution is -0.197. The van der Waals surface area contributed by atoms with Gasteiger partial charge in [-0.2, -0.15) is 0 Å². The van der Waals surface area contributed by atoms with E-state index in [1.807, 2.05) is 4.90 Å². The molecule has 0 spiro atoms. The van der Waals surface area contributed by atoms with Crippen LogP contribution in [0.2, 0.25) is 0 Å². The fourth-order valence-electron chi connectivity index (χ4n) is 3.19. The van der Waals surface area contributed by atoms with E-state index in [1.54, 1.807) is 13.8 Å². The Morgan fingerprint density at radius 2 is 1.79 bits per heavy atom. The molecular formula is C18H28N4O6. The van der Waals surface area contributed by atoms with E-state index in [4.69, 9.17) is 6.21 Å². The van der Waals surface area contributed by atoms with Gasteiger partial charge in [0.2, 0.25) is 11.8 Å². The highest BCUT2D eigenvalue weighted by atomic mass is 16.7. The SMILES string of the molecule is [2H]C(C)(C)N1CCCC1C(=O)NCCC(=O)NCCC(=O)ON1C(=O)CCC1=O. The molecule has 10 nitrogen and oxygen atoms in total. The predicted octanol–water partition coefficient (Wildman–Crippen LogP) is -0.521. The first-order valence-electron chi connectivity index (χ1n) is 9.97. The average molecular weight is 397 g/mol. The van der Waals surface area contributed by atoms with E-state index in [-0.39, 0.29) is 56.6 Å². The van der Waals surface area contributed by atoms with Crippen LogP contribution in [0.1, 0.15) is 53.7 Å². The zero-order chi connectivity index (χ0) is 21.6. The van der Waals surface area contributed by atoms with E-state index in [9.17, 15) is 24.0 Å². The van der Waals surface area contributed by atoms with E-state index in [0.29, 0.717) is 18.0 Å². The smallest absolute Gasteiger partial charge is 0.334 e. The zero-order valence-electron chi connectivity index (χ0n) is 17.3. The Bertz CT molecular complexity index is 662. The minimum atomic E-state index is -0.839. The van der Waals surface area contributed by atoms with Crippen LogP contribution in [0.5, 0.6) is 0 Å². The molecule has 2 saturated heterocycles. The third-order valence-electron chi connectivity index (χ3n) is 4.63. The van der Waals surface area contributed by atoms with Crippen LogP contribution in [0, 0.1) is 0 Å². The monoisotopic (exact) mass is 397 g/mol. The lowest BCUT2D eigenvalue weighted by Gasteiger charge is -2.27. The molecule has 2 N–H and O–H groups in total. The van der Waals surface area contributed by atoms with Crippen molar-refractivity contribution >= 4 is 29.6 Å². The molecule has 2 heterocycles. The van der Waals surface area contributed by atoms with Crippen molar-refractivity contribution in [2.75, 3.05) is 19.6 Å². The van der Waals surface area contributed by atoms with Crippen LogP contribution in [0.3, 0.4) is 0 Å². The van der Waals surface area contributed by atoms with Crippen LogP contribution >= 0.6 is 0 Å². The molecule has 0 radical (unpaired) electrons. The predicted molar refractivity (Wildman–Crippen MR) is 97.3 cm³/mol. The summed E-state index contributed by atoms with van der Waals surface area (Å²) in [6, 6.07) is -1.20. The maximum atomic E-state index is 12.3. The second-order valence-electron chi connectivity index (χ2n) is 6.98. The summed E-state index contributed by atoms with van der Waals surface area (Å²) >= 11 is 0. The highest BCUT2D eigenvalue weighted by molar-refractivity contribution is 6.01.